The normalized spacial score (nSPS) is 12.8. The van der Waals surface area contributed by atoms with Crippen molar-refractivity contribution in [3.8, 4) is 0 Å². The van der Waals surface area contributed by atoms with E-state index in [1.54, 1.807) is 0 Å². The molecule has 0 radical (unpaired) electrons. The topological polar surface area (TPSA) is 47.0 Å². The summed E-state index contributed by atoms with van der Waals surface area (Å²) in [5.74, 6) is 2.00. The quantitative estimate of drug-likeness (QED) is 0.761. The summed E-state index contributed by atoms with van der Waals surface area (Å²) >= 11 is 3.61. The van der Waals surface area contributed by atoms with E-state index < -0.39 is 0 Å². The lowest BCUT2D eigenvalue weighted by atomic mass is 10.1. The number of ether oxygens (including phenoxy) is 1. The van der Waals surface area contributed by atoms with Gasteiger partial charge in [0.25, 0.3) is 0 Å². The number of halogens is 1. The van der Waals surface area contributed by atoms with E-state index in [1.807, 2.05) is 6.92 Å². The number of aromatic nitrogens is 2. The van der Waals surface area contributed by atoms with Crippen LogP contribution in [0, 0.1) is 5.92 Å². The van der Waals surface area contributed by atoms with Crippen LogP contribution in [0.3, 0.4) is 0 Å². The molecule has 4 nitrogen and oxygen atoms in total. The third kappa shape index (κ3) is 4.42. The molecule has 0 aliphatic rings. The number of aryl methyl sites for hydroxylation is 1. The highest BCUT2D eigenvalue weighted by molar-refractivity contribution is 9.10. The molecule has 1 aromatic rings. The van der Waals surface area contributed by atoms with E-state index in [1.165, 1.54) is 0 Å². The van der Waals surface area contributed by atoms with Crippen molar-refractivity contribution in [1.29, 1.82) is 0 Å². The second-order valence-electron chi connectivity index (χ2n) is 5.09. The van der Waals surface area contributed by atoms with Crippen LogP contribution in [0.25, 0.3) is 0 Å². The van der Waals surface area contributed by atoms with Gasteiger partial charge in [-0.1, -0.05) is 27.2 Å². The molecule has 1 unspecified atom stereocenters. The Morgan fingerprint density at radius 3 is 2.40 bits per heavy atom. The highest BCUT2D eigenvalue weighted by Crippen LogP contribution is 2.30. The van der Waals surface area contributed by atoms with Gasteiger partial charge in [0.1, 0.15) is 11.9 Å². The second-order valence-corrected chi connectivity index (χ2v) is 5.88. The van der Waals surface area contributed by atoms with E-state index in [9.17, 15) is 0 Å². The summed E-state index contributed by atoms with van der Waals surface area (Å²) in [4.78, 5) is 9.37. The van der Waals surface area contributed by atoms with Crippen LogP contribution in [-0.2, 0) is 11.2 Å². The minimum atomic E-state index is -0.0545. The molecule has 1 atom stereocenters. The number of anilines is 1. The lowest BCUT2D eigenvalue weighted by Crippen LogP contribution is -2.17. The summed E-state index contributed by atoms with van der Waals surface area (Å²) in [6.45, 7) is 12.0. The minimum absolute atomic E-state index is 0.0545. The minimum Gasteiger partial charge on any atom is -0.370 e. The Hall–Kier alpha value is -0.680. The Morgan fingerprint density at radius 1 is 1.20 bits per heavy atom. The van der Waals surface area contributed by atoms with Gasteiger partial charge in [-0.25, -0.2) is 9.97 Å². The molecule has 0 aliphatic carbocycles. The summed E-state index contributed by atoms with van der Waals surface area (Å²) in [6.07, 6.45) is 1.94. The van der Waals surface area contributed by atoms with Gasteiger partial charge in [-0.15, -0.1) is 0 Å². The Bertz CT molecular complexity index is 397. The van der Waals surface area contributed by atoms with Crippen molar-refractivity contribution in [3.05, 3.63) is 16.0 Å². The number of hydrogen-bond acceptors (Lipinski definition) is 4. The fraction of sp³-hybridized carbons (Fsp3) is 0.733. The molecule has 0 amide bonds. The molecule has 0 fully saturated rings. The maximum absolute atomic E-state index is 5.83. The fourth-order valence-electron chi connectivity index (χ4n) is 2.07. The van der Waals surface area contributed by atoms with Gasteiger partial charge in [0.15, 0.2) is 5.82 Å². The standard InChI is InChI=1S/C15H26BrN3O/c1-6-9-11-12(16)14(17-7-2)19-15(18-11)13(10(4)5)20-8-3/h10,13H,6-9H2,1-5H3,(H,17,18,19). The Kier molecular flexibility index (Phi) is 7.45. The predicted molar refractivity (Wildman–Crippen MR) is 87.1 cm³/mol. The molecular formula is C15H26BrN3O. The Balaban J connectivity index is 3.23. The molecule has 0 aromatic carbocycles. The summed E-state index contributed by atoms with van der Waals surface area (Å²) in [6, 6.07) is 0. The van der Waals surface area contributed by atoms with E-state index in [0.717, 1.165) is 41.2 Å². The van der Waals surface area contributed by atoms with Gasteiger partial charge in [0.05, 0.1) is 10.2 Å². The first-order valence-electron chi connectivity index (χ1n) is 7.46. The third-order valence-corrected chi connectivity index (χ3v) is 3.81. The van der Waals surface area contributed by atoms with Crippen LogP contribution in [0.15, 0.2) is 4.47 Å². The van der Waals surface area contributed by atoms with Crippen molar-refractivity contribution in [3.63, 3.8) is 0 Å². The van der Waals surface area contributed by atoms with Crippen molar-refractivity contribution >= 4 is 21.7 Å². The SMILES string of the molecule is CCCc1nc(C(OCC)C(C)C)nc(NCC)c1Br. The van der Waals surface area contributed by atoms with Crippen LogP contribution in [0.5, 0.6) is 0 Å². The molecule has 0 saturated carbocycles. The zero-order valence-electron chi connectivity index (χ0n) is 13.2. The zero-order valence-corrected chi connectivity index (χ0v) is 14.7. The largest absolute Gasteiger partial charge is 0.370 e. The van der Waals surface area contributed by atoms with E-state index >= 15 is 0 Å². The van der Waals surface area contributed by atoms with Gasteiger partial charge >= 0.3 is 0 Å². The van der Waals surface area contributed by atoms with Crippen molar-refractivity contribution in [1.82, 2.24) is 9.97 Å². The maximum Gasteiger partial charge on any atom is 0.160 e. The van der Waals surface area contributed by atoms with Crippen molar-refractivity contribution in [2.24, 2.45) is 5.92 Å². The number of nitrogens with zero attached hydrogens (tertiary/aromatic N) is 2. The maximum atomic E-state index is 5.83. The van der Waals surface area contributed by atoms with Gasteiger partial charge in [0, 0.05) is 13.2 Å². The van der Waals surface area contributed by atoms with Crippen LogP contribution in [-0.4, -0.2) is 23.1 Å². The van der Waals surface area contributed by atoms with E-state index in [-0.39, 0.29) is 6.10 Å². The highest BCUT2D eigenvalue weighted by Gasteiger charge is 2.22. The lowest BCUT2D eigenvalue weighted by molar-refractivity contribution is 0.0231. The van der Waals surface area contributed by atoms with E-state index in [2.05, 4.69) is 53.9 Å². The average Bonchev–Trinajstić information content (AvgIpc) is 2.40. The summed E-state index contributed by atoms with van der Waals surface area (Å²) in [5, 5.41) is 3.30. The van der Waals surface area contributed by atoms with E-state index in [4.69, 9.17) is 9.72 Å². The molecule has 1 aromatic heterocycles. The summed E-state index contributed by atoms with van der Waals surface area (Å²) in [5.41, 5.74) is 1.05. The van der Waals surface area contributed by atoms with Crippen LogP contribution in [0.2, 0.25) is 0 Å². The molecule has 1 rings (SSSR count). The van der Waals surface area contributed by atoms with Crippen LogP contribution in [0.4, 0.5) is 5.82 Å². The number of rotatable bonds is 8. The second kappa shape index (κ2) is 8.57. The molecule has 1 N–H and O–H groups in total. The number of hydrogen-bond donors (Lipinski definition) is 1. The van der Waals surface area contributed by atoms with Crippen molar-refractivity contribution in [2.45, 2.75) is 53.6 Å². The Morgan fingerprint density at radius 2 is 1.90 bits per heavy atom. The zero-order chi connectivity index (χ0) is 15.1. The van der Waals surface area contributed by atoms with E-state index in [0.29, 0.717) is 12.5 Å². The van der Waals surface area contributed by atoms with Gasteiger partial charge in [-0.05, 0) is 42.1 Å². The monoisotopic (exact) mass is 343 g/mol. The molecule has 0 aliphatic heterocycles. The Labute approximate surface area is 130 Å². The van der Waals surface area contributed by atoms with Gasteiger partial charge < -0.3 is 10.1 Å². The van der Waals surface area contributed by atoms with Crippen LogP contribution in [0.1, 0.15) is 58.7 Å². The van der Waals surface area contributed by atoms with Gasteiger partial charge in [-0.2, -0.15) is 0 Å². The molecular weight excluding hydrogens is 318 g/mol. The smallest absolute Gasteiger partial charge is 0.160 e. The van der Waals surface area contributed by atoms with Crippen LogP contribution >= 0.6 is 15.9 Å². The first-order chi connectivity index (χ1) is 9.54. The molecule has 20 heavy (non-hydrogen) atoms. The van der Waals surface area contributed by atoms with Gasteiger partial charge in [-0.3, -0.25) is 0 Å². The van der Waals surface area contributed by atoms with Gasteiger partial charge in [0.2, 0.25) is 0 Å². The fourth-order valence-corrected chi connectivity index (χ4v) is 2.59. The van der Waals surface area contributed by atoms with Crippen LogP contribution < -0.4 is 5.32 Å². The predicted octanol–water partition coefficient (Wildman–Crippen LogP) is 4.36. The molecule has 0 spiro atoms. The highest BCUT2D eigenvalue weighted by atomic mass is 79.9. The first kappa shape index (κ1) is 17.4. The molecule has 0 saturated heterocycles. The van der Waals surface area contributed by atoms with Crippen molar-refractivity contribution < 1.29 is 4.74 Å². The molecule has 114 valence electrons. The lowest BCUT2D eigenvalue weighted by Gasteiger charge is -2.21. The summed E-state index contributed by atoms with van der Waals surface area (Å²) in [7, 11) is 0. The average molecular weight is 344 g/mol. The third-order valence-electron chi connectivity index (χ3n) is 2.97. The van der Waals surface area contributed by atoms with Crippen molar-refractivity contribution in [2.75, 3.05) is 18.5 Å². The molecule has 5 heteroatoms. The molecule has 1 heterocycles. The first-order valence-corrected chi connectivity index (χ1v) is 8.26. The number of nitrogens with one attached hydrogen (secondary N) is 1. The summed E-state index contributed by atoms with van der Waals surface area (Å²) < 4.78 is 6.80. The molecule has 0 bridgehead atoms.